The monoisotopic (exact) mass is 268 g/mol. The van der Waals surface area contributed by atoms with Gasteiger partial charge in [-0.1, -0.05) is 23.7 Å². The molecule has 0 aromatic heterocycles. The zero-order chi connectivity index (χ0) is 13.0. The number of rotatable bonds is 3. The largest absolute Gasteiger partial charge is 0.378 e. The van der Waals surface area contributed by atoms with E-state index in [0.717, 1.165) is 18.7 Å². The van der Waals surface area contributed by atoms with Crippen molar-refractivity contribution in [3.8, 4) is 0 Å². The molecule has 4 nitrogen and oxygen atoms in total. The Morgan fingerprint density at radius 2 is 2.44 bits per heavy atom. The van der Waals surface area contributed by atoms with Gasteiger partial charge in [-0.05, 0) is 18.6 Å². The Hall–Kier alpha value is -1.10. The zero-order valence-electron chi connectivity index (χ0n) is 10.3. The minimum atomic E-state index is -0.143. The molecule has 0 spiro atoms. The highest BCUT2D eigenvalue weighted by Crippen LogP contribution is 2.19. The lowest BCUT2D eigenvalue weighted by atomic mass is 10.1. The van der Waals surface area contributed by atoms with Crippen molar-refractivity contribution in [2.24, 2.45) is 0 Å². The number of halogens is 1. The standard InChI is InChI=1S/C13H17ClN2O2/c1-9-3-2-4-11(12(9)14)13(17)16-7-10-8-18-6-5-15-10/h2-4,10,15H,5-8H2,1H3,(H,16,17). The molecule has 1 unspecified atom stereocenters. The van der Waals surface area contributed by atoms with Crippen molar-refractivity contribution in [2.75, 3.05) is 26.3 Å². The lowest BCUT2D eigenvalue weighted by Crippen LogP contribution is -2.48. The molecule has 0 radical (unpaired) electrons. The third-order valence-corrected chi connectivity index (χ3v) is 3.45. The molecule has 2 rings (SSSR count). The topological polar surface area (TPSA) is 50.4 Å². The van der Waals surface area contributed by atoms with Crippen LogP contribution in [-0.4, -0.2) is 38.3 Å². The maximum Gasteiger partial charge on any atom is 0.252 e. The number of aryl methyl sites for hydroxylation is 1. The molecule has 18 heavy (non-hydrogen) atoms. The molecular weight excluding hydrogens is 252 g/mol. The van der Waals surface area contributed by atoms with Gasteiger partial charge in [0.1, 0.15) is 0 Å². The fraction of sp³-hybridized carbons (Fsp3) is 0.462. The highest BCUT2D eigenvalue weighted by molar-refractivity contribution is 6.34. The van der Waals surface area contributed by atoms with Crippen molar-refractivity contribution in [3.63, 3.8) is 0 Å². The summed E-state index contributed by atoms with van der Waals surface area (Å²) in [6, 6.07) is 5.62. The van der Waals surface area contributed by atoms with Gasteiger partial charge in [-0.3, -0.25) is 4.79 Å². The van der Waals surface area contributed by atoms with Crippen LogP contribution in [0.25, 0.3) is 0 Å². The van der Waals surface area contributed by atoms with E-state index in [1.807, 2.05) is 19.1 Å². The van der Waals surface area contributed by atoms with E-state index in [4.69, 9.17) is 16.3 Å². The quantitative estimate of drug-likeness (QED) is 0.871. The average Bonchev–Trinajstić information content (AvgIpc) is 2.40. The van der Waals surface area contributed by atoms with Gasteiger partial charge in [0.05, 0.1) is 23.8 Å². The fourth-order valence-corrected chi connectivity index (χ4v) is 2.10. The van der Waals surface area contributed by atoms with Crippen molar-refractivity contribution in [3.05, 3.63) is 34.3 Å². The lowest BCUT2D eigenvalue weighted by Gasteiger charge is -2.24. The van der Waals surface area contributed by atoms with E-state index in [0.29, 0.717) is 23.7 Å². The smallest absolute Gasteiger partial charge is 0.252 e. The van der Waals surface area contributed by atoms with Crippen LogP contribution in [-0.2, 0) is 4.74 Å². The van der Waals surface area contributed by atoms with Gasteiger partial charge in [0.15, 0.2) is 0 Å². The Morgan fingerprint density at radius 1 is 1.61 bits per heavy atom. The number of nitrogens with one attached hydrogen (secondary N) is 2. The third kappa shape index (κ3) is 3.22. The predicted octanol–water partition coefficient (Wildman–Crippen LogP) is 1.37. The molecule has 1 aromatic rings. The highest BCUT2D eigenvalue weighted by atomic mass is 35.5. The maximum absolute atomic E-state index is 12.0. The van der Waals surface area contributed by atoms with Gasteiger partial charge in [-0.15, -0.1) is 0 Å². The predicted molar refractivity (Wildman–Crippen MR) is 71.1 cm³/mol. The van der Waals surface area contributed by atoms with Gasteiger partial charge in [-0.25, -0.2) is 0 Å². The molecule has 1 atom stereocenters. The average molecular weight is 269 g/mol. The van der Waals surface area contributed by atoms with Crippen LogP contribution >= 0.6 is 11.6 Å². The van der Waals surface area contributed by atoms with E-state index >= 15 is 0 Å². The van der Waals surface area contributed by atoms with Crippen LogP contribution in [0.4, 0.5) is 0 Å². The molecule has 1 aliphatic heterocycles. The van der Waals surface area contributed by atoms with E-state index in [1.165, 1.54) is 0 Å². The van der Waals surface area contributed by atoms with Crippen LogP contribution in [0.1, 0.15) is 15.9 Å². The normalized spacial score (nSPS) is 19.6. The molecule has 1 fully saturated rings. The van der Waals surface area contributed by atoms with Crippen LogP contribution in [0.5, 0.6) is 0 Å². The van der Waals surface area contributed by atoms with Crippen LogP contribution in [0.2, 0.25) is 5.02 Å². The Labute approximate surface area is 112 Å². The van der Waals surface area contributed by atoms with Crippen LogP contribution in [0.15, 0.2) is 18.2 Å². The molecule has 0 bridgehead atoms. The Balaban J connectivity index is 1.93. The van der Waals surface area contributed by atoms with Crippen LogP contribution in [0.3, 0.4) is 0 Å². The summed E-state index contributed by atoms with van der Waals surface area (Å²) in [6.45, 7) is 4.61. The van der Waals surface area contributed by atoms with Crippen LogP contribution in [0, 0.1) is 6.92 Å². The van der Waals surface area contributed by atoms with Crippen molar-refractivity contribution in [1.82, 2.24) is 10.6 Å². The highest BCUT2D eigenvalue weighted by Gasteiger charge is 2.16. The second kappa shape index (κ2) is 6.18. The van der Waals surface area contributed by atoms with E-state index in [9.17, 15) is 4.79 Å². The van der Waals surface area contributed by atoms with Crippen LogP contribution < -0.4 is 10.6 Å². The molecule has 1 aromatic carbocycles. The maximum atomic E-state index is 12.0. The molecule has 1 amide bonds. The number of morpholine rings is 1. The SMILES string of the molecule is Cc1cccc(C(=O)NCC2COCCN2)c1Cl. The minimum Gasteiger partial charge on any atom is -0.378 e. The number of hydrogen-bond acceptors (Lipinski definition) is 3. The molecule has 1 heterocycles. The number of ether oxygens (including phenoxy) is 1. The van der Waals surface area contributed by atoms with Crippen molar-refractivity contribution in [2.45, 2.75) is 13.0 Å². The van der Waals surface area contributed by atoms with Gasteiger partial charge < -0.3 is 15.4 Å². The number of carbonyl (C=O) groups excluding carboxylic acids is 1. The van der Waals surface area contributed by atoms with Gasteiger partial charge >= 0.3 is 0 Å². The Bertz CT molecular complexity index is 431. The van der Waals surface area contributed by atoms with Crippen molar-refractivity contribution in [1.29, 1.82) is 0 Å². The first kappa shape index (κ1) is 13.3. The first-order chi connectivity index (χ1) is 8.68. The lowest BCUT2D eigenvalue weighted by molar-refractivity contribution is 0.0734. The fourth-order valence-electron chi connectivity index (χ4n) is 1.88. The van der Waals surface area contributed by atoms with Gasteiger partial charge in [0, 0.05) is 19.1 Å². The molecule has 5 heteroatoms. The van der Waals surface area contributed by atoms with Gasteiger partial charge in [0.25, 0.3) is 5.91 Å². The number of carbonyl (C=O) groups is 1. The summed E-state index contributed by atoms with van der Waals surface area (Å²) >= 11 is 6.11. The third-order valence-electron chi connectivity index (χ3n) is 2.94. The number of hydrogen-bond donors (Lipinski definition) is 2. The first-order valence-electron chi connectivity index (χ1n) is 6.03. The zero-order valence-corrected chi connectivity index (χ0v) is 11.1. The Morgan fingerprint density at radius 3 is 3.17 bits per heavy atom. The molecule has 0 saturated carbocycles. The molecular formula is C13H17ClN2O2. The molecule has 0 aliphatic carbocycles. The summed E-state index contributed by atoms with van der Waals surface area (Å²) in [4.78, 5) is 12.0. The molecule has 2 N–H and O–H groups in total. The minimum absolute atomic E-state index is 0.143. The van der Waals surface area contributed by atoms with E-state index in [-0.39, 0.29) is 11.9 Å². The second-order valence-electron chi connectivity index (χ2n) is 4.37. The van der Waals surface area contributed by atoms with E-state index in [1.54, 1.807) is 6.07 Å². The number of amides is 1. The molecule has 1 aliphatic rings. The van der Waals surface area contributed by atoms with E-state index < -0.39 is 0 Å². The summed E-state index contributed by atoms with van der Waals surface area (Å²) in [5.41, 5.74) is 1.43. The van der Waals surface area contributed by atoms with E-state index in [2.05, 4.69) is 10.6 Å². The summed E-state index contributed by atoms with van der Waals surface area (Å²) in [6.07, 6.45) is 0. The Kier molecular flexibility index (Phi) is 4.58. The van der Waals surface area contributed by atoms with Crippen molar-refractivity contribution >= 4 is 17.5 Å². The molecule has 98 valence electrons. The summed E-state index contributed by atoms with van der Waals surface area (Å²) in [7, 11) is 0. The second-order valence-corrected chi connectivity index (χ2v) is 4.75. The summed E-state index contributed by atoms with van der Waals surface area (Å²) in [5.74, 6) is -0.143. The summed E-state index contributed by atoms with van der Waals surface area (Å²) in [5, 5.41) is 6.67. The summed E-state index contributed by atoms with van der Waals surface area (Å²) < 4.78 is 5.32. The van der Waals surface area contributed by atoms with Crippen molar-refractivity contribution < 1.29 is 9.53 Å². The first-order valence-corrected chi connectivity index (χ1v) is 6.40. The van der Waals surface area contributed by atoms with Gasteiger partial charge in [-0.2, -0.15) is 0 Å². The van der Waals surface area contributed by atoms with Gasteiger partial charge in [0.2, 0.25) is 0 Å². The number of benzene rings is 1. The molecule has 1 saturated heterocycles.